The number of benzene rings is 1. The van der Waals surface area contributed by atoms with Crippen molar-refractivity contribution in [3.8, 4) is 0 Å². The third-order valence-electron chi connectivity index (χ3n) is 3.32. The summed E-state index contributed by atoms with van der Waals surface area (Å²) in [7, 11) is 0. The van der Waals surface area contributed by atoms with Gasteiger partial charge in [-0.3, -0.25) is 0 Å². The highest BCUT2D eigenvalue weighted by molar-refractivity contribution is 7.11. The Kier molecular flexibility index (Phi) is 3.06. The summed E-state index contributed by atoms with van der Waals surface area (Å²) in [6.45, 7) is 3.81. The van der Waals surface area contributed by atoms with Crippen LogP contribution in [0.4, 0.5) is 5.69 Å². The SMILES string of the molecule is Cc1ncc(CN2CCC(O)c3ccccc32)s1. The maximum Gasteiger partial charge on any atom is 0.0897 e. The molecule has 3 nitrogen and oxygen atoms in total. The molecule has 1 aliphatic heterocycles. The lowest BCUT2D eigenvalue weighted by Gasteiger charge is -2.33. The van der Waals surface area contributed by atoms with Gasteiger partial charge in [0.15, 0.2) is 0 Å². The summed E-state index contributed by atoms with van der Waals surface area (Å²) >= 11 is 1.74. The van der Waals surface area contributed by atoms with Gasteiger partial charge in [-0.25, -0.2) is 4.98 Å². The lowest BCUT2D eigenvalue weighted by atomic mass is 9.99. The lowest BCUT2D eigenvalue weighted by molar-refractivity contribution is 0.164. The first kappa shape index (κ1) is 11.7. The summed E-state index contributed by atoms with van der Waals surface area (Å²) in [5.74, 6) is 0. The maximum absolute atomic E-state index is 10.0. The van der Waals surface area contributed by atoms with E-state index in [-0.39, 0.29) is 6.10 Å². The van der Waals surface area contributed by atoms with Gasteiger partial charge in [0.05, 0.1) is 17.7 Å². The van der Waals surface area contributed by atoms with Gasteiger partial charge in [-0.2, -0.15) is 0 Å². The van der Waals surface area contributed by atoms with Gasteiger partial charge in [0.2, 0.25) is 0 Å². The highest BCUT2D eigenvalue weighted by Gasteiger charge is 2.23. The Bertz CT molecular complexity index is 552. The number of aliphatic hydroxyl groups excluding tert-OH is 1. The van der Waals surface area contributed by atoms with Crippen molar-refractivity contribution in [1.29, 1.82) is 0 Å². The third-order valence-corrected chi connectivity index (χ3v) is 4.22. The Hall–Kier alpha value is -1.39. The molecule has 94 valence electrons. The predicted molar refractivity (Wildman–Crippen MR) is 73.9 cm³/mol. The quantitative estimate of drug-likeness (QED) is 0.902. The monoisotopic (exact) mass is 260 g/mol. The van der Waals surface area contributed by atoms with Crippen molar-refractivity contribution in [3.05, 3.63) is 45.9 Å². The van der Waals surface area contributed by atoms with E-state index in [1.54, 1.807) is 11.3 Å². The van der Waals surface area contributed by atoms with E-state index in [1.807, 2.05) is 31.3 Å². The van der Waals surface area contributed by atoms with E-state index in [0.29, 0.717) is 0 Å². The number of anilines is 1. The number of aryl methyl sites for hydroxylation is 1. The number of fused-ring (bicyclic) bond motifs is 1. The Morgan fingerprint density at radius 3 is 3.06 bits per heavy atom. The fourth-order valence-electron chi connectivity index (χ4n) is 2.44. The predicted octanol–water partition coefficient (Wildman–Crippen LogP) is 2.90. The summed E-state index contributed by atoms with van der Waals surface area (Å²) in [6, 6.07) is 8.12. The first-order valence-electron chi connectivity index (χ1n) is 6.17. The molecule has 2 heterocycles. The van der Waals surface area contributed by atoms with Gasteiger partial charge in [-0.15, -0.1) is 11.3 Å². The van der Waals surface area contributed by atoms with Crippen LogP contribution in [-0.2, 0) is 6.54 Å². The molecule has 1 aromatic carbocycles. The van der Waals surface area contributed by atoms with Crippen molar-refractivity contribution in [1.82, 2.24) is 4.98 Å². The zero-order chi connectivity index (χ0) is 12.5. The Labute approximate surface area is 111 Å². The summed E-state index contributed by atoms with van der Waals surface area (Å²) < 4.78 is 0. The minimum absolute atomic E-state index is 0.319. The van der Waals surface area contributed by atoms with Crippen LogP contribution >= 0.6 is 11.3 Å². The molecule has 1 N–H and O–H groups in total. The van der Waals surface area contributed by atoms with E-state index in [1.165, 1.54) is 4.88 Å². The van der Waals surface area contributed by atoms with Crippen molar-refractivity contribution in [3.63, 3.8) is 0 Å². The zero-order valence-corrected chi connectivity index (χ0v) is 11.2. The topological polar surface area (TPSA) is 36.4 Å². The summed E-state index contributed by atoms with van der Waals surface area (Å²) in [6.07, 6.45) is 2.43. The molecule has 1 aromatic heterocycles. The van der Waals surface area contributed by atoms with E-state index in [2.05, 4.69) is 16.0 Å². The number of rotatable bonds is 2. The van der Waals surface area contributed by atoms with E-state index >= 15 is 0 Å². The number of hydrogen-bond donors (Lipinski definition) is 1. The second kappa shape index (κ2) is 4.71. The van der Waals surface area contributed by atoms with Crippen LogP contribution in [0.3, 0.4) is 0 Å². The molecule has 0 bridgehead atoms. The number of nitrogens with zero attached hydrogens (tertiary/aromatic N) is 2. The lowest BCUT2D eigenvalue weighted by Crippen LogP contribution is -2.30. The number of hydrogen-bond acceptors (Lipinski definition) is 4. The van der Waals surface area contributed by atoms with Crippen LogP contribution in [0.25, 0.3) is 0 Å². The normalized spacial score (nSPS) is 18.8. The molecule has 0 spiro atoms. The second-order valence-electron chi connectivity index (χ2n) is 4.63. The van der Waals surface area contributed by atoms with E-state index in [0.717, 1.165) is 35.8 Å². The van der Waals surface area contributed by atoms with Crippen LogP contribution in [0.5, 0.6) is 0 Å². The van der Waals surface area contributed by atoms with Crippen molar-refractivity contribution in [2.24, 2.45) is 0 Å². The number of aliphatic hydroxyl groups is 1. The second-order valence-corrected chi connectivity index (χ2v) is 5.95. The maximum atomic E-state index is 10.0. The smallest absolute Gasteiger partial charge is 0.0897 e. The van der Waals surface area contributed by atoms with E-state index < -0.39 is 0 Å². The van der Waals surface area contributed by atoms with Crippen LogP contribution in [0.1, 0.15) is 28.0 Å². The van der Waals surface area contributed by atoms with Crippen LogP contribution in [0.2, 0.25) is 0 Å². The van der Waals surface area contributed by atoms with E-state index in [4.69, 9.17) is 0 Å². The van der Waals surface area contributed by atoms with Gasteiger partial charge in [-0.05, 0) is 19.4 Å². The molecule has 1 aliphatic rings. The average molecular weight is 260 g/mol. The molecule has 0 aliphatic carbocycles. The van der Waals surface area contributed by atoms with Crippen LogP contribution in [0, 0.1) is 6.92 Å². The molecule has 1 atom stereocenters. The number of aromatic nitrogens is 1. The van der Waals surface area contributed by atoms with Gasteiger partial charge in [0, 0.05) is 28.9 Å². The number of thiazole rings is 1. The molecule has 2 aromatic rings. The Morgan fingerprint density at radius 1 is 1.44 bits per heavy atom. The molecule has 0 saturated carbocycles. The molecule has 0 saturated heterocycles. The highest BCUT2D eigenvalue weighted by atomic mass is 32.1. The van der Waals surface area contributed by atoms with Crippen molar-refractivity contribution < 1.29 is 5.11 Å². The molecular formula is C14H16N2OS. The van der Waals surface area contributed by atoms with Crippen LogP contribution in [0.15, 0.2) is 30.5 Å². The van der Waals surface area contributed by atoms with E-state index in [9.17, 15) is 5.11 Å². The largest absolute Gasteiger partial charge is 0.388 e. The van der Waals surface area contributed by atoms with Crippen molar-refractivity contribution in [2.75, 3.05) is 11.4 Å². The van der Waals surface area contributed by atoms with Gasteiger partial charge < -0.3 is 10.0 Å². The molecule has 0 fully saturated rings. The minimum Gasteiger partial charge on any atom is -0.388 e. The van der Waals surface area contributed by atoms with Crippen molar-refractivity contribution >= 4 is 17.0 Å². The third kappa shape index (κ3) is 2.13. The summed E-state index contributed by atoms with van der Waals surface area (Å²) in [4.78, 5) is 7.90. The Morgan fingerprint density at radius 2 is 2.28 bits per heavy atom. The standard InChI is InChI=1S/C14H16N2OS/c1-10-15-8-11(18-10)9-16-7-6-14(17)12-4-2-3-5-13(12)16/h2-5,8,14,17H,6-7,9H2,1H3. The molecule has 3 rings (SSSR count). The van der Waals surface area contributed by atoms with Gasteiger partial charge in [-0.1, -0.05) is 18.2 Å². The molecule has 18 heavy (non-hydrogen) atoms. The summed E-state index contributed by atoms with van der Waals surface area (Å²) in [5.41, 5.74) is 2.20. The highest BCUT2D eigenvalue weighted by Crippen LogP contribution is 2.34. The molecule has 0 amide bonds. The fraction of sp³-hybridized carbons (Fsp3) is 0.357. The first-order valence-corrected chi connectivity index (χ1v) is 6.99. The number of para-hydroxylation sites is 1. The molecule has 4 heteroatoms. The molecular weight excluding hydrogens is 244 g/mol. The fourth-order valence-corrected chi connectivity index (χ4v) is 3.25. The summed E-state index contributed by atoms with van der Waals surface area (Å²) in [5, 5.41) is 11.1. The molecule has 0 radical (unpaired) electrons. The Balaban J connectivity index is 1.88. The average Bonchev–Trinajstić information content (AvgIpc) is 2.79. The molecule has 1 unspecified atom stereocenters. The van der Waals surface area contributed by atoms with Gasteiger partial charge in [0.1, 0.15) is 0 Å². The van der Waals surface area contributed by atoms with Crippen LogP contribution < -0.4 is 4.90 Å². The van der Waals surface area contributed by atoms with Crippen molar-refractivity contribution in [2.45, 2.75) is 26.0 Å². The van der Waals surface area contributed by atoms with Gasteiger partial charge >= 0.3 is 0 Å². The first-order chi connectivity index (χ1) is 8.74. The van der Waals surface area contributed by atoms with Crippen LogP contribution in [-0.4, -0.2) is 16.6 Å². The zero-order valence-electron chi connectivity index (χ0n) is 10.3. The minimum atomic E-state index is -0.319. The van der Waals surface area contributed by atoms with Gasteiger partial charge in [0.25, 0.3) is 0 Å².